The highest BCUT2D eigenvalue weighted by atomic mass is 32.2. The number of sulfonamides is 1. The first-order chi connectivity index (χ1) is 10.3. The molecule has 0 atom stereocenters. The van der Waals surface area contributed by atoms with E-state index in [0.717, 1.165) is 0 Å². The smallest absolute Gasteiger partial charge is 0.261 e. The van der Waals surface area contributed by atoms with E-state index in [4.69, 9.17) is 9.26 Å². The molecule has 1 N–H and O–H groups in total. The van der Waals surface area contributed by atoms with Crippen LogP contribution in [-0.4, -0.2) is 31.2 Å². The van der Waals surface area contributed by atoms with E-state index in [1.807, 2.05) is 6.92 Å². The first-order valence-corrected chi connectivity index (χ1v) is 8.41. The Morgan fingerprint density at radius 2 is 2.09 bits per heavy atom. The third-order valence-electron chi connectivity index (χ3n) is 2.71. The predicted octanol–water partition coefficient (Wildman–Crippen LogP) is 2.13. The fourth-order valence-corrected chi connectivity index (χ4v) is 3.19. The van der Waals surface area contributed by atoms with Gasteiger partial charge in [-0.2, -0.15) is 4.98 Å². The van der Waals surface area contributed by atoms with E-state index in [2.05, 4.69) is 14.9 Å². The highest BCUT2D eigenvalue weighted by Crippen LogP contribution is 2.31. The number of aromatic nitrogens is 2. The van der Waals surface area contributed by atoms with Crippen LogP contribution >= 0.6 is 0 Å². The topological polar surface area (TPSA) is 94.3 Å². The monoisotopic (exact) mass is 325 g/mol. The largest absolute Gasteiger partial charge is 0.493 e. The van der Waals surface area contributed by atoms with Gasteiger partial charge >= 0.3 is 0 Å². The second-order valence-electron chi connectivity index (χ2n) is 5.01. The van der Waals surface area contributed by atoms with Gasteiger partial charge in [-0.3, -0.25) is 0 Å². The molecule has 0 aliphatic rings. The Hall–Kier alpha value is -1.93. The van der Waals surface area contributed by atoms with Crippen LogP contribution in [0.2, 0.25) is 0 Å². The zero-order valence-corrected chi connectivity index (χ0v) is 13.8. The molecule has 2 rings (SSSR count). The predicted molar refractivity (Wildman–Crippen MR) is 81.1 cm³/mol. The molecular weight excluding hydrogens is 306 g/mol. The highest BCUT2D eigenvalue weighted by Gasteiger charge is 2.20. The number of hydrogen-bond acceptors (Lipinski definition) is 6. The minimum atomic E-state index is -3.61. The van der Waals surface area contributed by atoms with Crippen LogP contribution in [0.15, 0.2) is 27.6 Å². The van der Waals surface area contributed by atoms with Gasteiger partial charge in [-0.15, -0.1) is 0 Å². The van der Waals surface area contributed by atoms with Gasteiger partial charge in [-0.25, -0.2) is 13.1 Å². The van der Waals surface area contributed by atoms with Gasteiger partial charge < -0.3 is 9.26 Å². The summed E-state index contributed by atoms with van der Waals surface area (Å²) in [5, 5.41) is 3.73. The molecule has 0 radical (unpaired) electrons. The number of ether oxygens (including phenoxy) is 1. The fraction of sp³-hybridized carbons (Fsp3) is 0.429. The Balaban J connectivity index is 2.52. The van der Waals surface area contributed by atoms with Gasteiger partial charge in [0.1, 0.15) is 5.75 Å². The summed E-state index contributed by atoms with van der Waals surface area (Å²) in [5.74, 6) is 1.18. The lowest BCUT2D eigenvalue weighted by molar-refractivity contribution is 0.339. The van der Waals surface area contributed by atoms with Crippen LogP contribution in [0.4, 0.5) is 0 Å². The van der Waals surface area contributed by atoms with Crippen molar-refractivity contribution < 1.29 is 17.7 Å². The van der Waals surface area contributed by atoms with Crippen LogP contribution in [0, 0.1) is 6.92 Å². The molecule has 0 fully saturated rings. The molecule has 22 heavy (non-hydrogen) atoms. The van der Waals surface area contributed by atoms with Crippen LogP contribution in [0.25, 0.3) is 11.5 Å². The third-order valence-corrected chi connectivity index (χ3v) is 4.37. The summed E-state index contributed by atoms with van der Waals surface area (Å²) >= 11 is 0. The summed E-state index contributed by atoms with van der Waals surface area (Å²) in [6.45, 7) is 7.49. The average molecular weight is 325 g/mol. The minimum absolute atomic E-state index is 0.121. The maximum absolute atomic E-state index is 12.3. The van der Waals surface area contributed by atoms with Crippen molar-refractivity contribution in [3.63, 3.8) is 0 Å². The summed E-state index contributed by atoms with van der Waals surface area (Å²) in [6.07, 6.45) is 0. The Bertz CT molecular complexity index is 753. The van der Waals surface area contributed by atoms with E-state index >= 15 is 0 Å². The van der Waals surface area contributed by atoms with E-state index in [1.54, 1.807) is 26.8 Å². The quantitative estimate of drug-likeness (QED) is 0.874. The van der Waals surface area contributed by atoms with Crippen LogP contribution < -0.4 is 9.46 Å². The molecule has 0 saturated carbocycles. The fourth-order valence-electron chi connectivity index (χ4n) is 1.91. The molecule has 120 valence electrons. The van der Waals surface area contributed by atoms with Crippen LogP contribution in [0.1, 0.15) is 26.6 Å². The molecule has 0 unspecified atom stereocenters. The van der Waals surface area contributed by atoms with Gasteiger partial charge in [-0.1, -0.05) is 5.16 Å². The molecule has 0 aliphatic carbocycles. The number of nitrogens with one attached hydrogen (secondary N) is 1. The molecule has 1 aromatic carbocycles. The number of benzene rings is 1. The highest BCUT2D eigenvalue weighted by molar-refractivity contribution is 7.89. The van der Waals surface area contributed by atoms with Crippen molar-refractivity contribution in [3.8, 4) is 17.2 Å². The normalized spacial score (nSPS) is 11.9. The van der Waals surface area contributed by atoms with Crippen molar-refractivity contribution in [2.75, 3.05) is 6.61 Å². The Morgan fingerprint density at radius 3 is 2.64 bits per heavy atom. The molecule has 0 saturated heterocycles. The summed E-state index contributed by atoms with van der Waals surface area (Å²) in [5.41, 5.74) is 0.453. The zero-order chi connectivity index (χ0) is 16.3. The lowest BCUT2D eigenvalue weighted by Crippen LogP contribution is -2.30. The summed E-state index contributed by atoms with van der Waals surface area (Å²) in [4.78, 5) is 4.26. The van der Waals surface area contributed by atoms with Crippen LogP contribution in [0.3, 0.4) is 0 Å². The second kappa shape index (κ2) is 6.45. The van der Waals surface area contributed by atoms with E-state index in [1.165, 1.54) is 12.1 Å². The molecule has 0 spiro atoms. The van der Waals surface area contributed by atoms with Crippen molar-refractivity contribution in [2.24, 2.45) is 0 Å². The summed E-state index contributed by atoms with van der Waals surface area (Å²) in [6, 6.07) is 4.35. The van der Waals surface area contributed by atoms with Gasteiger partial charge in [0.2, 0.25) is 10.0 Å². The second-order valence-corrected chi connectivity index (χ2v) is 6.73. The molecule has 1 heterocycles. The van der Waals surface area contributed by atoms with Gasteiger partial charge in [0.25, 0.3) is 5.89 Å². The van der Waals surface area contributed by atoms with Crippen molar-refractivity contribution >= 4 is 10.0 Å². The van der Waals surface area contributed by atoms with Gasteiger partial charge in [0, 0.05) is 6.04 Å². The number of rotatable bonds is 6. The third kappa shape index (κ3) is 3.63. The van der Waals surface area contributed by atoms with Crippen LogP contribution in [-0.2, 0) is 10.0 Å². The molecule has 7 nitrogen and oxygen atoms in total. The first kappa shape index (κ1) is 16.4. The van der Waals surface area contributed by atoms with Gasteiger partial charge in [0.15, 0.2) is 5.82 Å². The SMILES string of the molecule is CCOc1ccc(S(=O)(=O)NC(C)C)cc1-c1nc(C)no1. The number of nitrogens with zero attached hydrogens (tertiary/aromatic N) is 2. The first-order valence-electron chi connectivity index (χ1n) is 6.93. The van der Waals surface area contributed by atoms with E-state index in [-0.39, 0.29) is 16.8 Å². The Kier molecular flexibility index (Phi) is 4.82. The molecular formula is C14H19N3O4S. The van der Waals surface area contributed by atoms with Crippen molar-refractivity contribution in [1.29, 1.82) is 0 Å². The van der Waals surface area contributed by atoms with E-state index < -0.39 is 10.0 Å². The standard InChI is InChI=1S/C14H19N3O4S/c1-5-20-13-7-6-11(22(18,19)17-9(2)3)8-12(13)14-15-10(4)16-21-14/h6-9,17H,5H2,1-4H3. The number of hydrogen-bond donors (Lipinski definition) is 1. The van der Waals surface area contributed by atoms with Crippen molar-refractivity contribution in [3.05, 3.63) is 24.0 Å². The van der Waals surface area contributed by atoms with E-state index in [9.17, 15) is 8.42 Å². The molecule has 0 amide bonds. The molecule has 0 bridgehead atoms. The Labute approximate surface area is 129 Å². The Morgan fingerprint density at radius 1 is 1.36 bits per heavy atom. The number of aryl methyl sites for hydroxylation is 1. The lowest BCUT2D eigenvalue weighted by Gasteiger charge is -2.12. The summed E-state index contributed by atoms with van der Waals surface area (Å²) < 4.78 is 37.7. The van der Waals surface area contributed by atoms with E-state index in [0.29, 0.717) is 23.7 Å². The molecule has 1 aromatic heterocycles. The average Bonchev–Trinajstić information content (AvgIpc) is 2.84. The van der Waals surface area contributed by atoms with Crippen molar-refractivity contribution in [1.82, 2.24) is 14.9 Å². The maximum Gasteiger partial charge on any atom is 0.261 e. The molecule has 8 heteroatoms. The molecule has 2 aromatic rings. The van der Waals surface area contributed by atoms with Crippen molar-refractivity contribution in [2.45, 2.75) is 38.6 Å². The van der Waals surface area contributed by atoms with Crippen LogP contribution in [0.5, 0.6) is 5.75 Å². The van der Waals surface area contributed by atoms with Gasteiger partial charge in [-0.05, 0) is 45.9 Å². The maximum atomic E-state index is 12.3. The summed E-state index contributed by atoms with van der Waals surface area (Å²) in [7, 11) is -3.61. The zero-order valence-electron chi connectivity index (χ0n) is 13.0. The minimum Gasteiger partial charge on any atom is -0.493 e. The van der Waals surface area contributed by atoms with Gasteiger partial charge in [0.05, 0.1) is 17.1 Å². The lowest BCUT2D eigenvalue weighted by atomic mass is 10.2. The molecule has 0 aliphatic heterocycles.